The van der Waals surface area contributed by atoms with Gasteiger partial charge in [-0.2, -0.15) is 0 Å². The first-order valence-corrected chi connectivity index (χ1v) is 6.15. The second-order valence-electron chi connectivity index (χ2n) is 3.45. The van der Waals surface area contributed by atoms with E-state index in [1.165, 1.54) is 0 Å². The van der Waals surface area contributed by atoms with E-state index in [0.29, 0.717) is 10.8 Å². The molecule has 94 valence electrons. The van der Waals surface area contributed by atoms with Gasteiger partial charge in [-0.3, -0.25) is 0 Å². The van der Waals surface area contributed by atoms with Crippen molar-refractivity contribution in [3.05, 3.63) is 51.3 Å². The summed E-state index contributed by atoms with van der Waals surface area (Å²) in [5.41, 5.74) is 0.256. The number of aromatic nitrogens is 1. The molecule has 0 amide bonds. The summed E-state index contributed by atoms with van der Waals surface area (Å²) in [7, 11) is 0. The lowest BCUT2D eigenvalue weighted by Crippen LogP contribution is -1.96. The smallest absolute Gasteiger partial charge is 0.225 e. The number of benzene rings is 1. The van der Waals surface area contributed by atoms with E-state index in [9.17, 15) is 4.39 Å². The molecule has 6 heteroatoms. The van der Waals surface area contributed by atoms with Crippen LogP contribution in [0.1, 0.15) is 5.56 Å². The maximum Gasteiger partial charge on any atom is 0.225 e. The average Bonchev–Trinajstić information content (AvgIpc) is 2.36. The third kappa shape index (κ3) is 2.98. The highest BCUT2D eigenvalue weighted by Gasteiger charge is 2.10. The van der Waals surface area contributed by atoms with E-state index in [-0.39, 0.29) is 18.1 Å². The molecular weight excluding hydrogens is 324 g/mol. The Kier molecular flexibility index (Phi) is 4.16. The van der Waals surface area contributed by atoms with Gasteiger partial charge in [-0.25, -0.2) is 9.37 Å². The van der Waals surface area contributed by atoms with Gasteiger partial charge in [0.25, 0.3) is 0 Å². The first-order chi connectivity index (χ1) is 8.60. The van der Waals surface area contributed by atoms with Crippen LogP contribution in [0.4, 0.5) is 4.39 Å². The van der Waals surface area contributed by atoms with E-state index in [2.05, 4.69) is 20.9 Å². The number of hydrogen-bond donors (Lipinski definition) is 1. The fraction of sp³-hybridized carbons (Fsp3) is 0.0833. The molecule has 0 unspecified atom stereocenters. The zero-order valence-electron chi connectivity index (χ0n) is 9.03. The average molecular weight is 333 g/mol. The number of hydrogen-bond acceptors (Lipinski definition) is 3. The molecule has 1 aromatic heterocycles. The molecule has 0 spiro atoms. The van der Waals surface area contributed by atoms with E-state index in [1.807, 2.05) is 0 Å². The third-order valence-corrected chi connectivity index (χ3v) is 2.97. The number of nitrogens with zero attached hydrogens (tertiary/aromatic N) is 1. The van der Waals surface area contributed by atoms with Gasteiger partial charge in [-0.1, -0.05) is 27.5 Å². The van der Waals surface area contributed by atoms with Gasteiger partial charge in [0.1, 0.15) is 11.6 Å². The van der Waals surface area contributed by atoms with Gasteiger partial charge in [0.2, 0.25) is 5.88 Å². The SMILES string of the molecule is OCc1cc(F)cnc1Oc1cc(Br)ccc1Cl. The lowest BCUT2D eigenvalue weighted by molar-refractivity contribution is 0.274. The van der Waals surface area contributed by atoms with Crippen LogP contribution >= 0.6 is 27.5 Å². The number of rotatable bonds is 3. The van der Waals surface area contributed by atoms with Gasteiger partial charge in [-0.05, 0) is 24.3 Å². The molecule has 1 aromatic carbocycles. The Morgan fingerprint density at radius 2 is 2.17 bits per heavy atom. The van der Waals surface area contributed by atoms with Gasteiger partial charge >= 0.3 is 0 Å². The molecular formula is C12H8BrClFNO2. The minimum Gasteiger partial charge on any atom is -0.437 e. The van der Waals surface area contributed by atoms with Crippen LogP contribution in [0.15, 0.2) is 34.9 Å². The number of halogens is 3. The summed E-state index contributed by atoms with van der Waals surface area (Å²) in [6, 6.07) is 6.24. The molecule has 2 aromatic rings. The van der Waals surface area contributed by atoms with Crippen LogP contribution in [0.25, 0.3) is 0 Å². The lowest BCUT2D eigenvalue weighted by atomic mass is 10.3. The topological polar surface area (TPSA) is 42.4 Å². The number of aliphatic hydroxyl groups excluding tert-OH is 1. The second kappa shape index (κ2) is 5.65. The number of ether oxygens (including phenoxy) is 1. The van der Waals surface area contributed by atoms with Crippen LogP contribution in [0.2, 0.25) is 5.02 Å². The fourth-order valence-electron chi connectivity index (χ4n) is 1.33. The summed E-state index contributed by atoms with van der Waals surface area (Å²) in [6.45, 7) is -0.369. The van der Waals surface area contributed by atoms with Crippen LogP contribution in [0, 0.1) is 5.82 Å². The molecule has 0 bridgehead atoms. The van der Waals surface area contributed by atoms with Crippen molar-refractivity contribution >= 4 is 27.5 Å². The van der Waals surface area contributed by atoms with Crippen molar-refractivity contribution in [2.75, 3.05) is 0 Å². The molecule has 0 aliphatic carbocycles. The summed E-state index contributed by atoms with van der Waals surface area (Å²) < 4.78 is 19.2. The van der Waals surface area contributed by atoms with Gasteiger partial charge in [0, 0.05) is 10.0 Å². The first-order valence-electron chi connectivity index (χ1n) is 4.98. The Bertz CT molecular complexity index is 580. The zero-order chi connectivity index (χ0) is 13.1. The standard InChI is InChI=1S/C12H8BrClFNO2/c13-8-1-2-10(14)11(4-8)18-12-7(6-17)3-9(15)5-16-12/h1-5,17H,6H2. The van der Waals surface area contributed by atoms with Crippen molar-refractivity contribution < 1.29 is 14.2 Å². The van der Waals surface area contributed by atoms with Crippen molar-refractivity contribution in [3.8, 4) is 11.6 Å². The van der Waals surface area contributed by atoms with Crippen LogP contribution < -0.4 is 4.74 Å². The minimum atomic E-state index is -0.535. The van der Waals surface area contributed by atoms with E-state index in [4.69, 9.17) is 21.4 Å². The number of aliphatic hydroxyl groups is 1. The molecule has 1 heterocycles. The van der Waals surface area contributed by atoms with E-state index >= 15 is 0 Å². The van der Waals surface area contributed by atoms with Crippen molar-refractivity contribution in [2.24, 2.45) is 0 Å². The Balaban J connectivity index is 2.36. The molecule has 0 aliphatic rings. The van der Waals surface area contributed by atoms with Gasteiger partial charge < -0.3 is 9.84 Å². The van der Waals surface area contributed by atoms with Gasteiger partial charge in [0.05, 0.1) is 17.8 Å². The predicted octanol–water partition coefficient (Wildman–Crippen LogP) is 3.92. The molecule has 0 saturated heterocycles. The van der Waals surface area contributed by atoms with Gasteiger partial charge in [-0.15, -0.1) is 0 Å². The molecule has 0 saturated carbocycles. The van der Waals surface area contributed by atoms with E-state index in [0.717, 1.165) is 16.7 Å². The minimum absolute atomic E-state index is 0.124. The molecule has 0 aliphatic heterocycles. The normalized spacial score (nSPS) is 10.4. The summed E-state index contributed by atoms with van der Waals surface area (Å²) in [4.78, 5) is 3.78. The van der Waals surface area contributed by atoms with Crippen molar-refractivity contribution in [3.63, 3.8) is 0 Å². The summed E-state index contributed by atoms with van der Waals surface area (Å²) in [5.74, 6) is -0.0366. The maximum absolute atomic E-state index is 13.0. The molecule has 0 radical (unpaired) electrons. The van der Waals surface area contributed by atoms with Crippen LogP contribution in [-0.2, 0) is 6.61 Å². The predicted molar refractivity (Wildman–Crippen MR) is 69.3 cm³/mol. The monoisotopic (exact) mass is 331 g/mol. The highest BCUT2D eigenvalue weighted by molar-refractivity contribution is 9.10. The molecule has 18 heavy (non-hydrogen) atoms. The Labute approximate surface area is 116 Å². The lowest BCUT2D eigenvalue weighted by Gasteiger charge is -2.10. The third-order valence-electron chi connectivity index (χ3n) is 2.16. The van der Waals surface area contributed by atoms with E-state index < -0.39 is 5.82 Å². The summed E-state index contributed by atoms with van der Waals surface area (Å²) in [5, 5.41) is 9.51. The molecule has 0 fully saturated rings. The molecule has 1 N–H and O–H groups in total. The first kappa shape index (κ1) is 13.3. The maximum atomic E-state index is 13.0. The molecule has 2 rings (SSSR count). The summed E-state index contributed by atoms with van der Waals surface area (Å²) >= 11 is 9.25. The van der Waals surface area contributed by atoms with Crippen molar-refractivity contribution in [1.82, 2.24) is 4.98 Å². The largest absolute Gasteiger partial charge is 0.437 e. The van der Waals surface area contributed by atoms with Crippen LogP contribution in [-0.4, -0.2) is 10.1 Å². The van der Waals surface area contributed by atoms with Crippen LogP contribution in [0.5, 0.6) is 11.6 Å². The van der Waals surface area contributed by atoms with E-state index in [1.54, 1.807) is 18.2 Å². The fourth-order valence-corrected chi connectivity index (χ4v) is 1.83. The van der Waals surface area contributed by atoms with Crippen molar-refractivity contribution in [2.45, 2.75) is 6.61 Å². The summed E-state index contributed by atoms with van der Waals surface area (Å²) in [6.07, 6.45) is 1.01. The Morgan fingerprint density at radius 3 is 2.89 bits per heavy atom. The quantitative estimate of drug-likeness (QED) is 0.926. The molecule has 3 nitrogen and oxygen atoms in total. The number of pyridine rings is 1. The second-order valence-corrected chi connectivity index (χ2v) is 4.78. The van der Waals surface area contributed by atoms with Crippen molar-refractivity contribution in [1.29, 1.82) is 0 Å². The molecule has 0 atom stereocenters. The van der Waals surface area contributed by atoms with Crippen LogP contribution in [0.3, 0.4) is 0 Å². The Morgan fingerprint density at radius 1 is 1.39 bits per heavy atom. The highest BCUT2D eigenvalue weighted by Crippen LogP contribution is 2.32. The van der Waals surface area contributed by atoms with Gasteiger partial charge in [0.15, 0.2) is 0 Å². The zero-order valence-corrected chi connectivity index (χ0v) is 11.4. The highest BCUT2D eigenvalue weighted by atomic mass is 79.9. The Hall–Kier alpha value is -1.17.